The number of guanidine groups is 1. The lowest BCUT2D eigenvalue weighted by atomic mass is 9.89. The van der Waals surface area contributed by atoms with Gasteiger partial charge in [0.05, 0.1) is 5.69 Å². The number of carbonyl (C=O) groups is 2. The van der Waals surface area contributed by atoms with Crippen molar-refractivity contribution in [3.8, 4) is 11.3 Å². The number of aliphatic imine (C=N–C) groups is 1. The minimum absolute atomic E-state index is 0.0971. The summed E-state index contributed by atoms with van der Waals surface area (Å²) in [5.74, 6) is 0.584. The molecule has 1 fully saturated rings. The van der Waals surface area contributed by atoms with Crippen molar-refractivity contribution in [2.75, 3.05) is 19.6 Å². The number of aromatic nitrogens is 2. The predicted molar refractivity (Wildman–Crippen MR) is 119 cm³/mol. The van der Waals surface area contributed by atoms with Gasteiger partial charge in [-0.2, -0.15) is 5.10 Å². The second-order valence-electron chi connectivity index (χ2n) is 8.52. The fourth-order valence-corrected chi connectivity index (χ4v) is 4.57. The van der Waals surface area contributed by atoms with E-state index in [0.29, 0.717) is 12.5 Å². The molecule has 0 bridgehead atoms. The lowest BCUT2D eigenvalue weighted by Crippen LogP contribution is -2.46. The Labute approximate surface area is 182 Å². The van der Waals surface area contributed by atoms with Gasteiger partial charge in [0.15, 0.2) is 11.5 Å². The molecule has 1 unspecified atom stereocenters. The van der Waals surface area contributed by atoms with Gasteiger partial charge in [-0.25, -0.2) is 4.99 Å². The molecule has 1 aromatic heterocycles. The van der Waals surface area contributed by atoms with Gasteiger partial charge in [0.25, 0.3) is 5.91 Å². The van der Waals surface area contributed by atoms with Crippen molar-refractivity contribution in [2.24, 2.45) is 16.6 Å². The smallest absolute Gasteiger partial charge is 0.261 e. The molecule has 2 amide bonds. The summed E-state index contributed by atoms with van der Waals surface area (Å²) in [7, 11) is 0. The fraction of sp³-hybridized carbons (Fsp3) is 0.478. The summed E-state index contributed by atoms with van der Waals surface area (Å²) >= 11 is 0. The van der Waals surface area contributed by atoms with Crippen LogP contribution in [0.2, 0.25) is 0 Å². The number of piperidine rings is 1. The lowest BCUT2D eigenvalue weighted by molar-refractivity contribution is -0.133. The molecule has 1 aromatic carbocycles. The zero-order chi connectivity index (χ0) is 22.2. The molecule has 0 spiro atoms. The molecule has 0 aliphatic carbocycles. The van der Waals surface area contributed by atoms with Gasteiger partial charge in [-0.15, -0.1) is 0 Å². The van der Waals surface area contributed by atoms with Gasteiger partial charge in [0.1, 0.15) is 0 Å². The first kappa shape index (κ1) is 21.1. The summed E-state index contributed by atoms with van der Waals surface area (Å²) in [6.07, 6.45) is 3.51. The van der Waals surface area contributed by atoms with Crippen molar-refractivity contribution in [3.63, 3.8) is 0 Å². The van der Waals surface area contributed by atoms with Crippen LogP contribution in [0.25, 0.3) is 11.3 Å². The van der Waals surface area contributed by atoms with E-state index in [9.17, 15) is 9.59 Å². The number of aryl methyl sites for hydroxylation is 1. The highest BCUT2D eigenvalue weighted by molar-refractivity contribution is 6.07. The Morgan fingerprint density at radius 3 is 2.68 bits per heavy atom. The molecular formula is C23H30N6O2. The summed E-state index contributed by atoms with van der Waals surface area (Å²) < 4.78 is 1.93. The third kappa shape index (κ3) is 3.82. The van der Waals surface area contributed by atoms with Crippen LogP contribution in [-0.2, 0) is 21.7 Å². The molecule has 0 radical (unpaired) electrons. The Kier molecular flexibility index (Phi) is 5.56. The van der Waals surface area contributed by atoms with Gasteiger partial charge in [0, 0.05) is 44.9 Å². The molecule has 31 heavy (non-hydrogen) atoms. The quantitative estimate of drug-likeness (QED) is 0.799. The van der Waals surface area contributed by atoms with Crippen molar-refractivity contribution >= 4 is 17.8 Å². The molecular weight excluding hydrogens is 392 g/mol. The van der Waals surface area contributed by atoms with Gasteiger partial charge < -0.3 is 10.6 Å². The molecule has 1 saturated heterocycles. The number of benzene rings is 1. The maximum Gasteiger partial charge on any atom is 0.261 e. The van der Waals surface area contributed by atoms with Crippen LogP contribution >= 0.6 is 0 Å². The Balaban J connectivity index is 1.53. The number of nitrogens with zero attached hydrogens (tertiary/aromatic N) is 5. The van der Waals surface area contributed by atoms with Gasteiger partial charge in [-0.3, -0.25) is 19.2 Å². The number of hydrogen-bond donors (Lipinski definition) is 1. The van der Waals surface area contributed by atoms with E-state index >= 15 is 0 Å². The molecule has 1 atom stereocenters. The molecule has 2 N–H and O–H groups in total. The molecule has 2 aliphatic heterocycles. The number of rotatable bonds is 5. The van der Waals surface area contributed by atoms with E-state index in [1.165, 1.54) is 0 Å². The standard InChI is InChI=1S/C23H30N6O2/c1-4-29-20(8-11-25-29)18-6-5-7-19(14-18)23(3)21(31)28(22(24)26-23)15-17-9-12-27(13-10-17)16(2)30/h5-8,11,14,17H,4,9-10,12-13,15H2,1-3H3,(H2,24,26). The number of hydrogen-bond acceptors (Lipinski definition) is 5. The average Bonchev–Trinajstić information content (AvgIpc) is 3.33. The summed E-state index contributed by atoms with van der Waals surface area (Å²) in [6.45, 7) is 8.24. The highest BCUT2D eigenvalue weighted by atomic mass is 16.2. The summed E-state index contributed by atoms with van der Waals surface area (Å²) in [4.78, 5) is 33.1. The summed E-state index contributed by atoms with van der Waals surface area (Å²) in [6, 6.07) is 9.87. The molecule has 0 saturated carbocycles. The Morgan fingerprint density at radius 2 is 2.00 bits per heavy atom. The molecule has 2 aliphatic rings. The fourth-order valence-electron chi connectivity index (χ4n) is 4.57. The number of likely N-dealkylation sites (tertiary alicyclic amines) is 1. The van der Waals surface area contributed by atoms with E-state index in [4.69, 9.17) is 5.73 Å². The zero-order valence-electron chi connectivity index (χ0n) is 18.4. The number of amides is 2. The first-order valence-electron chi connectivity index (χ1n) is 10.9. The van der Waals surface area contributed by atoms with E-state index in [2.05, 4.69) is 10.1 Å². The third-order valence-corrected chi connectivity index (χ3v) is 6.51. The Hall–Kier alpha value is -3.16. The van der Waals surface area contributed by atoms with Crippen molar-refractivity contribution in [1.82, 2.24) is 19.6 Å². The molecule has 3 heterocycles. The highest BCUT2D eigenvalue weighted by Crippen LogP contribution is 2.35. The summed E-state index contributed by atoms with van der Waals surface area (Å²) in [5, 5.41) is 4.35. The van der Waals surface area contributed by atoms with Crippen molar-refractivity contribution in [2.45, 2.75) is 45.7 Å². The minimum Gasteiger partial charge on any atom is -0.369 e. The third-order valence-electron chi connectivity index (χ3n) is 6.51. The second-order valence-corrected chi connectivity index (χ2v) is 8.52. The molecule has 4 rings (SSSR count). The van der Waals surface area contributed by atoms with Crippen LogP contribution in [0.1, 0.15) is 39.2 Å². The second kappa shape index (κ2) is 8.17. The van der Waals surface area contributed by atoms with Crippen LogP contribution in [0.3, 0.4) is 0 Å². The first-order chi connectivity index (χ1) is 14.8. The maximum absolute atomic E-state index is 13.5. The van der Waals surface area contributed by atoms with Gasteiger partial charge in [-0.1, -0.05) is 18.2 Å². The van der Waals surface area contributed by atoms with Crippen molar-refractivity contribution in [3.05, 3.63) is 42.1 Å². The van der Waals surface area contributed by atoms with Gasteiger partial charge in [-0.05, 0) is 50.3 Å². The van der Waals surface area contributed by atoms with E-state index in [0.717, 1.165) is 49.3 Å². The normalized spacial score (nSPS) is 22.2. The van der Waals surface area contributed by atoms with Gasteiger partial charge in [0.2, 0.25) is 5.91 Å². The Morgan fingerprint density at radius 1 is 1.26 bits per heavy atom. The van der Waals surface area contributed by atoms with Crippen LogP contribution in [0.5, 0.6) is 0 Å². The minimum atomic E-state index is -1.04. The van der Waals surface area contributed by atoms with Crippen molar-refractivity contribution in [1.29, 1.82) is 0 Å². The van der Waals surface area contributed by atoms with E-state index < -0.39 is 5.54 Å². The maximum atomic E-state index is 13.5. The highest BCUT2D eigenvalue weighted by Gasteiger charge is 2.46. The number of nitrogens with two attached hydrogens (primary N) is 1. The monoisotopic (exact) mass is 422 g/mol. The Bertz CT molecular complexity index is 1020. The zero-order valence-corrected chi connectivity index (χ0v) is 18.4. The molecule has 8 nitrogen and oxygen atoms in total. The lowest BCUT2D eigenvalue weighted by Gasteiger charge is -2.33. The van der Waals surface area contributed by atoms with Gasteiger partial charge >= 0.3 is 0 Å². The van der Waals surface area contributed by atoms with Crippen LogP contribution in [0.4, 0.5) is 0 Å². The first-order valence-corrected chi connectivity index (χ1v) is 10.9. The number of carbonyl (C=O) groups excluding carboxylic acids is 2. The molecule has 2 aromatic rings. The summed E-state index contributed by atoms with van der Waals surface area (Å²) in [5.41, 5.74) is 8.00. The van der Waals surface area contributed by atoms with Crippen molar-refractivity contribution < 1.29 is 9.59 Å². The topological polar surface area (TPSA) is 96.8 Å². The SMILES string of the molecule is CCn1nccc1-c1cccc(C2(C)N=C(N)N(CC3CCN(C(C)=O)CC3)C2=O)c1. The predicted octanol–water partition coefficient (Wildman–Crippen LogP) is 2.20. The van der Waals surface area contributed by atoms with E-state index in [1.54, 1.807) is 18.0 Å². The largest absolute Gasteiger partial charge is 0.369 e. The molecule has 8 heteroatoms. The molecule has 164 valence electrons. The van der Waals surface area contributed by atoms with Crippen LogP contribution < -0.4 is 5.73 Å². The van der Waals surface area contributed by atoms with Crippen LogP contribution in [0.15, 0.2) is 41.5 Å². The van der Waals surface area contributed by atoms with E-state index in [-0.39, 0.29) is 17.8 Å². The average molecular weight is 423 g/mol. The van der Waals surface area contributed by atoms with E-state index in [1.807, 2.05) is 53.8 Å². The van der Waals surface area contributed by atoms with Crippen LogP contribution in [0, 0.1) is 5.92 Å². The van der Waals surface area contributed by atoms with Crippen LogP contribution in [-0.4, -0.2) is 57.0 Å².